The van der Waals surface area contributed by atoms with Crippen molar-refractivity contribution in [1.82, 2.24) is 23.8 Å². The molecule has 0 spiro atoms. The number of aryl methyl sites for hydroxylation is 2. The molecule has 6 rings (SSSR count). The predicted octanol–water partition coefficient (Wildman–Crippen LogP) is 4.29. The quantitative estimate of drug-likeness (QED) is 0.343. The number of carbonyl (C=O) groups is 1. The predicted molar refractivity (Wildman–Crippen MR) is 142 cm³/mol. The lowest BCUT2D eigenvalue weighted by molar-refractivity contribution is 0.103. The van der Waals surface area contributed by atoms with Crippen LogP contribution in [-0.2, 0) is 17.3 Å². The van der Waals surface area contributed by atoms with Gasteiger partial charge in [-0.2, -0.15) is 12.7 Å². The maximum absolute atomic E-state index is 15.7. The Balaban J connectivity index is 1.36. The molecule has 2 aliphatic rings. The van der Waals surface area contributed by atoms with Crippen LogP contribution in [0.1, 0.15) is 52.5 Å². The molecule has 9 nitrogen and oxygen atoms in total. The summed E-state index contributed by atoms with van der Waals surface area (Å²) in [6.07, 6.45) is 7.72. The van der Waals surface area contributed by atoms with E-state index in [4.69, 9.17) is 0 Å². The van der Waals surface area contributed by atoms with Crippen molar-refractivity contribution in [2.45, 2.75) is 38.3 Å². The molecular weight excluding hydrogens is 526 g/mol. The lowest BCUT2D eigenvalue weighted by atomic mass is 9.97. The van der Waals surface area contributed by atoms with Gasteiger partial charge in [0.1, 0.15) is 17.6 Å². The Morgan fingerprint density at radius 1 is 1.08 bits per heavy atom. The average molecular weight is 553 g/mol. The highest BCUT2D eigenvalue weighted by Crippen LogP contribution is 2.38. The van der Waals surface area contributed by atoms with Gasteiger partial charge in [-0.3, -0.25) is 9.52 Å². The molecule has 3 aromatic heterocycles. The van der Waals surface area contributed by atoms with E-state index in [1.54, 1.807) is 49.4 Å². The van der Waals surface area contributed by atoms with Crippen molar-refractivity contribution in [1.29, 1.82) is 0 Å². The smallest absolute Gasteiger partial charge is 0.301 e. The summed E-state index contributed by atoms with van der Waals surface area (Å²) in [5, 5.41) is 0.516. The second-order valence-corrected chi connectivity index (χ2v) is 11.8. The Labute approximate surface area is 224 Å². The molecule has 1 aliphatic carbocycles. The van der Waals surface area contributed by atoms with Crippen molar-refractivity contribution in [2.75, 3.05) is 17.8 Å². The molecule has 2 fully saturated rings. The second kappa shape index (κ2) is 9.45. The molecule has 39 heavy (non-hydrogen) atoms. The molecule has 0 bridgehead atoms. The number of halogens is 2. The number of fused-ring (bicyclic) bond motifs is 1. The largest absolute Gasteiger partial charge is 0.335 e. The first-order chi connectivity index (χ1) is 18.6. The Hall–Kier alpha value is -3.77. The molecule has 1 N–H and O–H groups in total. The molecule has 1 aromatic carbocycles. The molecule has 12 heteroatoms. The van der Waals surface area contributed by atoms with E-state index < -0.39 is 28.0 Å². The highest BCUT2D eigenvalue weighted by Gasteiger charge is 2.33. The van der Waals surface area contributed by atoms with Crippen LogP contribution in [0.2, 0.25) is 0 Å². The maximum atomic E-state index is 15.7. The van der Waals surface area contributed by atoms with Crippen LogP contribution < -0.4 is 4.72 Å². The summed E-state index contributed by atoms with van der Waals surface area (Å²) in [5.41, 5.74) is 1.92. The van der Waals surface area contributed by atoms with E-state index in [9.17, 15) is 17.6 Å². The van der Waals surface area contributed by atoms with E-state index in [2.05, 4.69) is 19.7 Å². The van der Waals surface area contributed by atoms with Crippen LogP contribution in [0.25, 0.3) is 22.2 Å². The van der Waals surface area contributed by atoms with Crippen molar-refractivity contribution in [3.8, 4) is 11.1 Å². The summed E-state index contributed by atoms with van der Waals surface area (Å²) < 4.78 is 59.6. The van der Waals surface area contributed by atoms with Gasteiger partial charge in [-0.05, 0) is 43.9 Å². The van der Waals surface area contributed by atoms with Gasteiger partial charge >= 0.3 is 10.2 Å². The summed E-state index contributed by atoms with van der Waals surface area (Å²) in [7, 11) is -2.46. The molecule has 202 valence electrons. The van der Waals surface area contributed by atoms with E-state index in [0.717, 1.165) is 28.5 Å². The minimum Gasteiger partial charge on any atom is -0.335 e. The summed E-state index contributed by atoms with van der Waals surface area (Å²) in [6.45, 7) is 1.28. The number of benzene rings is 1. The Morgan fingerprint density at radius 2 is 1.79 bits per heavy atom. The van der Waals surface area contributed by atoms with Gasteiger partial charge in [-0.1, -0.05) is 6.07 Å². The first-order valence-electron chi connectivity index (χ1n) is 12.7. The number of aromatic nitrogens is 4. The highest BCUT2D eigenvalue weighted by atomic mass is 32.2. The fourth-order valence-electron chi connectivity index (χ4n) is 4.91. The van der Waals surface area contributed by atoms with Crippen molar-refractivity contribution >= 4 is 32.7 Å². The van der Waals surface area contributed by atoms with Crippen LogP contribution in [0, 0.1) is 12.7 Å². The monoisotopic (exact) mass is 552 g/mol. The number of nitrogens with zero attached hydrogens (tertiary/aromatic N) is 5. The number of carbonyl (C=O) groups excluding carboxylic acids is 1. The molecule has 0 radical (unpaired) electrons. The minimum absolute atomic E-state index is 0.00451. The molecule has 0 amide bonds. The SMILES string of the molecule is Cc1ccc(NS(=O)(=O)N2CC[C@@H](F)C2)c(F)c1C(=O)c1cn(C)c2ncc(-c3cnc(C4CC4)nc3)cc12. The van der Waals surface area contributed by atoms with E-state index >= 15 is 4.39 Å². The second-order valence-electron chi connectivity index (χ2n) is 10.2. The van der Waals surface area contributed by atoms with Crippen LogP contribution in [-0.4, -0.2) is 57.3 Å². The van der Waals surface area contributed by atoms with Gasteiger partial charge in [-0.15, -0.1) is 0 Å². The molecule has 1 atom stereocenters. The van der Waals surface area contributed by atoms with Crippen LogP contribution in [0.4, 0.5) is 14.5 Å². The molecular formula is C27H26F2N6O3S. The van der Waals surface area contributed by atoms with Crippen LogP contribution in [0.3, 0.4) is 0 Å². The minimum atomic E-state index is -4.19. The lowest BCUT2D eigenvalue weighted by Crippen LogP contribution is -2.34. The fourth-order valence-corrected chi connectivity index (χ4v) is 6.18. The maximum Gasteiger partial charge on any atom is 0.301 e. The van der Waals surface area contributed by atoms with Crippen LogP contribution in [0.5, 0.6) is 0 Å². The third-order valence-corrected chi connectivity index (χ3v) is 8.74. The summed E-state index contributed by atoms with van der Waals surface area (Å²) >= 11 is 0. The van der Waals surface area contributed by atoms with E-state index in [1.165, 1.54) is 12.1 Å². The number of anilines is 1. The average Bonchev–Trinajstić information content (AvgIpc) is 3.59. The number of pyridine rings is 1. The Morgan fingerprint density at radius 3 is 2.46 bits per heavy atom. The normalized spacial score (nSPS) is 18.1. The number of hydrogen-bond donors (Lipinski definition) is 1. The summed E-state index contributed by atoms with van der Waals surface area (Å²) in [6, 6.07) is 4.53. The van der Waals surface area contributed by atoms with Gasteiger partial charge in [0.05, 0.1) is 11.3 Å². The summed E-state index contributed by atoms with van der Waals surface area (Å²) in [5.74, 6) is -0.364. The topological polar surface area (TPSA) is 110 Å². The third kappa shape index (κ3) is 4.67. The van der Waals surface area contributed by atoms with E-state index in [1.807, 2.05) is 0 Å². The number of hydrogen-bond acceptors (Lipinski definition) is 6. The number of alkyl halides is 1. The first-order valence-corrected chi connectivity index (χ1v) is 14.1. The highest BCUT2D eigenvalue weighted by molar-refractivity contribution is 7.90. The molecule has 1 saturated carbocycles. The van der Waals surface area contributed by atoms with Gasteiger partial charge < -0.3 is 4.57 Å². The molecule has 1 saturated heterocycles. The zero-order valence-electron chi connectivity index (χ0n) is 21.4. The molecule has 0 unspecified atom stereocenters. The molecule has 4 aromatic rings. The number of ketones is 1. The van der Waals surface area contributed by atoms with Gasteiger partial charge in [0.2, 0.25) is 0 Å². The standard InChI is InChI=1S/C27H26F2N6O3S/c1-15-3-6-22(33-39(37,38)35-8-7-19(28)13-35)24(29)23(15)25(36)21-14-34(2)27-20(21)9-17(10-32-27)18-11-30-26(31-12-18)16-4-5-16/h3,6,9-12,14,16,19,33H,4-5,7-8,13H2,1-2H3/t19-/m1/s1. The first kappa shape index (κ1) is 25.5. The zero-order chi connectivity index (χ0) is 27.5. The van der Waals surface area contributed by atoms with Gasteiger partial charge in [-0.25, -0.2) is 23.7 Å². The Bertz CT molecular complexity index is 1720. The summed E-state index contributed by atoms with van der Waals surface area (Å²) in [4.78, 5) is 27.2. The van der Waals surface area contributed by atoms with Gasteiger partial charge in [0.15, 0.2) is 11.6 Å². The Kier molecular flexibility index (Phi) is 6.18. The third-order valence-electron chi connectivity index (χ3n) is 7.26. The van der Waals surface area contributed by atoms with E-state index in [0.29, 0.717) is 28.1 Å². The van der Waals surface area contributed by atoms with Crippen molar-refractivity contribution in [3.63, 3.8) is 0 Å². The van der Waals surface area contributed by atoms with Crippen LogP contribution in [0.15, 0.2) is 43.0 Å². The number of rotatable bonds is 7. The van der Waals surface area contributed by atoms with E-state index in [-0.39, 0.29) is 36.3 Å². The molecule has 4 heterocycles. The van der Waals surface area contributed by atoms with Crippen molar-refractivity contribution in [2.24, 2.45) is 7.05 Å². The van der Waals surface area contributed by atoms with Gasteiger partial charge in [0, 0.05) is 72.9 Å². The van der Waals surface area contributed by atoms with Crippen molar-refractivity contribution in [3.05, 3.63) is 71.3 Å². The van der Waals surface area contributed by atoms with Gasteiger partial charge in [0.25, 0.3) is 0 Å². The van der Waals surface area contributed by atoms with Crippen LogP contribution >= 0.6 is 0 Å². The molecule has 1 aliphatic heterocycles. The number of nitrogens with one attached hydrogen (secondary N) is 1. The fraction of sp³-hybridized carbons (Fsp3) is 0.333. The van der Waals surface area contributed by atoms with Crippen molar-refractivity contribution < 1.29 is 22.0 Å². The lowest BCUT2D eigenvalue weighted by Gasteiger charge is -2.18. The zero-order valence-corrected chi connectivity index (χ0v) is 22.2.